The lowest BCUT2D eigenvalue weighted by Gasteiger charge is -2.60. The molecular formula is C28H36F2N4O4. The molecule has 1 aromatic carbocycles. The van der Waals surface area contributed by atoms with Crippen LogP contribution in [0.5, 0.6) is 5.88 Å². The monoisotopic (exact) mass is 530 g/mol. The third-order valence-corrected chi connectivity index (χ3v) is 6.89. The molecule has 0 radical (unpaired) electrons. The first-order chi connectivity index (χ1) is 17.8. The minimum Gasteiger partial charge on any atom is -0.444 e. The number of nitrogens with zero attached hydrogens (tertiary/aromatic N) is 3. The van der Waals surface area contributed by atoms with Gasteiger partial charge in [0.1, 0.15) is 11.3 Å². The number of alkyl halides is 2. The van der Waals surface area contributed by atoms with Crippen molar-refractivity contribution in [1.29, 1.82) is 0 Å². The highest BCUT2D eigenvalue weighted by Crippen LogP contribution is 2.52. The highest BCUT2D eigenvalue weighted by Gasteiger charge is 2.56. The Morgan fingerprint density at radius 2 is 1.79 bits per heavy atom. The third kappa shape index (κ3) is 6.00. The maximum atomic E-state index is 13.8. The summed E-state index contributed by atoms with van der Waals surface area (Å²) in [5.41, 5.74) is 1.69. The van der Waals surface area contributed by atoms with Crippen LogP contribution in [0.2, 0.25) is 0 Å². The van der Waals surface area contributed by atoms with Gasteiger partial charge >= 0.3 is 18.7 Å². The number of likely N-dealkylation sites (tertiary alicyclic amines) is 1. The van der Waals surface area contributed by atoms with Crippen LogP contribution in [-0.4, -0.2) is 53.4 Å². The van der Waals surface area contributed by atoms with Crippen molar-refractivity contribution in [3.63, 3.8) is 0 Å². The minimum atomic E-state index is -3.07. The van der Waals surface area contributed by atoms with Gasteiger partial charge in [-0.25, -0.2) is 14.6 Å². The van der Waals surface area contributed by atoms with Gasteiger partial charge in [0.25, 0.3) is 0 Å². The fraction of sp³-hybridized carbons (Fsp3) is 0.536. The number of carbonyl (C=O) groups is 2. The molecule has 4 rings (SSSR count). The Balaban J connectivity index is 1.55. The van der Waals surface area contributed by atoms with Crippen LogP contribution in [0.3, 0.4) is 0 Å². The van der Waals surface area contributed by atoms with Crippen molar-refractivity contribution in [3.8, 4) is 5.88 Å². The first kappa shape index (κ1) is 27.6. The quantitative estimate of drug-likeness (QED) is 0.458. The van der Waals surface area contributed by atoms with Gasteiger partial charge in [-0.15, -0.1) is 0 Å². The molecule has 2 heterocycles. The summed E-state index contributed by atoms with van der Waals surface area (Å²) in [6, 6.07) is 10.2. The Labute approximate surface area is 222 Å². The van der Waals surface area contributed by atoms with Gasteiger partial charge in [-0.05, 0) is 70.2 Å². The number of urea groups is 1. The van der Waals surface area contributed by atoms with Gasteiger partial charge in [0.05, 0.1) is 0 Å². The number of nitrogens with one attached hydrogen (secondary N) is 1. The lowest BCUT2D eigenvalue weighted by Crippen LogP contribution is -2.68. The van der Waals surface area contributed by atoms with Crippen LogP contribution < -0.4 is 15.0 Å². The van der Waals surface area contributed by atoms with E-state index in [2.05, 4.69) is 28.9 Å². The molecule has 0 atom stereocenters. The van der Waals surface area contributed by atoms with Gasteiger partial charge in [-0.2, -0.15) is 8.78 Å². The molecule has 206 valence electrons. The minimum absolute atomic E-state index is 0.0672. The lowest BCUT2D eigenvalue weighted by molar-refractivity contribution is -0.0768. The molecule has 1 aliphatic heterocycles. The Morgan fingerprint density at radius 3 is 2.39 bits per heavy atom. The fourth-order valence-electron chi connectivity index (χ4n) is 5.24. The largest absolute Gasteiger partial charge is 0.444 e. The predicted molar refractivity (Wildman–Crippen MR) is 141 cm³/mol. The standard InChI is InChI=1S/C28H36F2N4O4/c1-17(2)20-9-7-8-10-22(20)34(25(35)32-21-12-11-18(3)31-23(21)37-24(29)30)19-13-28(14-19)15-33(16-28)26(36)38-27(4,5)6/h7-12,17,19,24H,13-16H2,1-6H3,(H,32,35). The molecule has 2 fully saturated rings. The molecule has 1 aliphatic carbocycles. The number of rotatable bonds is 6. The van der Waals surface area contributed by atoms with Crippen LogP contribution in [0, 0.1) is 12.3 Å². The first-order valence-electron chi connectivity index (χ1n) is 12.9. The molecule has 0 bridgehead atoms. The van der Waals surface area contributed by atoms with Crippen molar-refractivity contribution >= 4 is 23.5 Å². The topological polar surface area (TPSA) is 84.0 Å². The van der Waals surface area contributed by atoms with Crippen LogP contribution in [0.4, 0.5) is 29.7 Å². The molecule has 8 nitrogen and oxygen atoms in total. The van der Waals surface area contributed by atoms with Gasteiger partial charge < -0.3 is 19.7 Å². The molecule has 2 aliphatic rings. The van der Waals surface area contributed by atoms with E-state index in [1.807, 2.05) is 45.0 Å². The molecule has 1 saturated carbocycles. The van der Waals surface area contributed by atoms with Crippen LogP contribution >= 0.6 is 0 Å². The van der Waals surface area contributed by atoms with Gasteiger partial charge in [-0.3, -0.25) is 4.90 Å². The van der Waals surface area contributed by atoms with Crippen LogP contribution in [-0.2, 0) is 4.74 Å². The summed E-state index contributed by atoms with van der Waals surface area (Å²) >= 11 is 0. The van der Waals surface area contributed by atoms with E-state index in [1.165, 1.54) is 6.07 Å². The number of amides is 3. The van der Waals surface area contributed by atoms with E-state index in [-0.39, 0.29) is 35.0 Å². The van der Waals surface area contributed by atoms with E-state index in [0.29, 0.717) is 31.6 Å². The molecule has 10 heteroatoms. The molecule has 1 spiro atoms. The summed E-state index contributed by atoms with van der Waals surface area (Å²) in [6.07, 6.45) is 1.09. The number of hydrogen-bond donors (Lipinski definition) is 1. The molecule has 1 saturated heterocycles. The van der Waals surface area contributed by atoms with Crippen molar-refractivity contribution in [3.05, 3.63) is 47.7 Å². The van der Waals surface area contributed by atoms with E-state index in [0.717, 1.165) is 11.3 Å². The van der Waals surface area contributed by atoms with Crippen molar-refractivity contribution in [2.45, 2.75) is 78.6 Å². The second-order valence-corrected chi connectivity index (χ2v) is 11.6. The van der Waals surface area contributed by atoms with Crippen LogP contribution in [0.15, 0.2) is 36.4 Å². The third-order valence-electron chi connectivity index (χ3n) is 6.89. The van der Waals surface area contributed by atoms with E-state index in [4.69, 9.17) is 4.74 Å². The van der Waals surface area contributed by atoms with Crippen LogP contribution in [0.1, 0.15) is 64.6 Å². The Morgan fingerprint density at radius 1 is 1.13 bits per heavy atom. The maximum absolute atomic E-state index is 13.8. The summed E-state index contributed by atoms with van der Waals surface area (Å²) in [6.45, 7) is 9.36. The molecule has 3 amide bonds. The molecule has 0 unspecified atom stereocenters. The highest BCUT2D eigenvalue weighted by molar-refractivity contribution is 6.03. The van der Waals surface area contributed by atoms with Gasteiger partial charge in [-0.1, -0.05) is 32.0 Å². The Bertz CT molecular complexity index is 1180. The summed E-state index contributed by atoms with van der Waals surface area (Å²) in [5.74, 6) is -0.178. The van der Waals surface area contributed by atoms with Gasteiger partial charge in [0.2, 0.25) is 5.88 Å². The van der Waals surface area contributed by atoms with Crippen molar-refractivity contribution in [2.24, 2.45) is 5.41 Å². The zero-order chi connectivity index (χ0) is 27.8. The molecule has 1 N–H and O–H groups in total. The summed E-state index contributed by atoms with van der Waals surface area (Å²) in [5, 5.41) is 2.75. The number of anilines is 2. The average Bonchev–Trinajstić information content (AvgIpc) is 2.74. The fourth-order valence-corrected chi connectivity index (χ4v) is 5.24. The molecule has 2 aromatic rings. The smallest absolute Gasteiger partial charge is 0.410 e. The number of benzene rings is 1. The molecular weight excluding hydrogens is 494 g/mol. The molecule has 38 heavy (non-hydrogen) atoms. The molecule has 1 aromatic heterocycles. The van der Waals surface area contributed by atoms with Crippen molar-refractivity contribution in [2.75, 3.05) is 23.3 Å². The second kappa shape index (κ2) is 10.4. The number of aromatic nitrogens is 1. The summed E-state index contributed by atoms with van der Waals surface area (Å²) in [4.78, 5) is 33.6. The number of ether oxygens (including phenoxy) is 2. The zero-order valence-electron chi connectivity index (χ0n) is 22.8. The number of aryl methyl sites for hydroxylation is 1. The van der Waals surface area contributed by atoms with Gasteiger partial charge in [0, 0.05) is 35.9 Å². The normalized spacial score (nSPS) is 16.7. The zero-order valence-corrected chi connectivity index (χ0v) is 22.8. The Hall–Kier alpha value is -3.43. The SMILES string of the molecule is Cc1ccc(NC(=O)N(c2ccccc2C(C)C)C2CC3(C2)CN(C(=O)OC(C)(C)C)C3)c(OC(F)F)n1. The number of halogens is 2. The lowest BCUT2D eigenvalue weighted by atomic mass is 9.60. The van der Waals surface area contributed by atoms with E-state index >= 15 is 0 Å². The van der Waals surface area contributed by atoms with E-state index < -0.39 is 18.2 Å². The number of pyridine rings is 1. The number of carbonyl (C=O) groups excluding carboxylic acids is 2. The highest BCUT2D eigenvalue weighted by atomic mass is 19.3. The van der Waals surface area contributed by atoms with E-state index in [1.54, 1.807) is 22.8 Å². The Kier molecular flexibility index (Phi) is 7.54. The second-order valence-electron chi connectivity index (χ2n) is 11.6. The van der Waals surface area contributed by atoms with Gasteiger partial charge in [0.15, 0.2) is 0 Å². The summed E-state index contributed by atoms with van der Waals surface area (Å²) < 4.78 is 36.1. The predicted octanol–water partition coefficient (Wildman–Crippen LogP) is 6.55. The van der Waals surface area contributed by atoms with Crippen molar-refractivity contribution < 1.29 is 27.8 Å². The average molecular weight is 531 g/mol. The first-order valence-corrected chi connectivity index (χ1v) is 12.9. The summed E-state index contributed by atoms with van der Waals surface area (Å²) in [7, 11) is 0. The van der Waals surface area contributed by atoms with Crippen LogP contribution in [0.25, 0.3) is 0 Å². The number of hydrogen-bond acceptors (Lipinski definition) is 5. The number of para-hydroxylation sites is 1. The van der Waals surface area contributed by atoms with E-state index in [9.17, 15) is 18.4 Å². The maximum Gasteiger partial charge on any atom is 0.410 e. The van der Waals surface area contributed by atoms with Crippen molar-refractivity contribution in [1.82, 2.24) is 9.88 Å².